The van der Waals surface area contributed by atoms with Gasteiger partial charge in [0, 0.05) is 13.2 Å². The maximum absolute atomic E-state index is 10.8. The Balaban J connectivity index is 2.17. The van der Waals surface area contributed by atoms with Crippen molar-refractivity contribution in [2.45, 2.75) is 26.4 Å². The van der Waals surface area contributed by atoms with Crippen molar-refractivity contribution in [1.29, 1.82) is 0 Å². The molecule has 0 radical (unpaired) electrons. The van der Waals surface area contributed by atoms with Gasteiger partial charge in [-0.3, -0.25) is 4.79 Å². The van der Waals surface area contributed by atoms with Gasteiger partial charge in [-0.1, -0.05) is 37.3 Å². The maximum atomic E-state index is 10.8. The highest BCUT2D eigenvalue weighted by Gasteiger charge is 2.16. The zero-order valence-electron chi connectivity index (χ0n) is 11.4. The summed E-state index contributed by atoms with van der Waals surface area (Å²) in [7, 11) is 0. The van der Waals surface area contributed by atoms with Gasteiger partial charge < -0.3 is 15.6 Å². The molecule has 3 N–H and O–H groups in total. The molecule has 0 spiro atoms. The molecule has 2 atom stereocenters. The summed E-state index contributed by atoms with van der Waals surface area (Å²) in [5.41, 5.74) is 6.58. The Bertz CT molecular complexity index is 367. The van der Waals surface area contributed by atoms with E-state index in [9.17, 15) is 4.79 Å². The lowest BCUT2D eigenvalue weighted by Gasteiger charge is -2.15. The highest BCUT2D eigenvalue weighted by molar-refractivity contribution is 5.70. The third kappa shape index (κ3) is 6.36. The van der Waals surface area contributed by atoms with Gasteiger partial charge in [-0.25, -0.2) is 0 Å². The fourth-order valence-corrected chi connectivity index (χ4v) is 1.86. The van der Waals surface area contributed by atoms with Gasteiger partial charge >= 0.3 is 5.97 Å². The Hall–Kier alpha value is -1.39. The Labute approximate surface area is 114 Å². The van der Waals surface area contributed by atoms with Crippen molar-refractivity contribution in [1.82, 2.24) is 0 Å². The predicted molar refractivity (Wildman–Crippen MR) is 74.7 cm³/mol. The van der Waals surface area contributed by atoms with Crippen molar-refractivity contribution in [3.63, 3.8) is 0 Å². The third-order valence-corrected chi connectivity index (χ3v) is 3.16. The summed E-state index contributed by atoms with van der Waals surface area (Å²) in [6.07, 6.45) is 1.44. The molecule has 0 aliphatic rings. The van der Waals surface area contributed by atoms with Crippen LogP contribution < -0.4 is 5.73 Å². The van der Waals surface area contributed by atoms with Crippen molar-refractivity contribution >= 4 is 5.97 Å². The van der Waals surface area contributed by atoms with Crippen LogP contribution in [0, 0.1) is 11.8 Å². The monoisotopic (exact) mass is 265 g/mol. The van der Waals surface area contributed by atoms with E-state index in [4.69, 9.17) is 15.6 Å². The molecular formula is C15H23NO3. The van der Waals surface area contributed by atoms with Crippen molar-refractivity contribution in [2.24, 2.45) is 17.6 Å². The van der Waals surface area contributed by atoms with Gasteiger partial charge in [0.1, 0.15) is 0 Å². The van der Waals surface area contributed by atoms with E-state index < -0.39 is 11.9 Å². The first-order valence-electron chi connectivity index (χ1n) is 6.68. The molecule has 0 aliphatic heterocycles. The lowest BCUT2D eigenvalue weighted by molar-refractivity contribution is -0.141. The van der Waals surface area contributed by atoms with Crippen LogP contribution in [0.5, 0.6) is 0 Å². The molecule has 4 heteroatoms. The summed E-state index contributed by atoms with van der Waals surface area (Å²) >= 11 is 0. The van der Waals surface area contributed by atoms with Gasteiger partial charge in [-0.05, 0) is 24.3 Å². The van der Waals surface area contributed by atoms with E-state index in [1.807, 2.05) is 30.3 Å². The minimum absolute atomic E-state index is 0.201. The lowest BCUT2D eigenvalue weighted by atomic mass is 9.97. The quantitative estimate of drug-likeness (QED) is 0.718. The van der Waals surface area contributed by atoms with Crippen LogP contribution in [-0.2, 0) is 16.1 Å². The van der Waals surface area contributed by atoms with E-state index in [1.54, 1.807) is 0 Å². The number of rotatable bonds is 9. The third-order valence-electron chi connectivity index (χ3n) is 3.16. The SMILES string of the molecule is CC(CCC(CN)C(=O)O)COCc1ccccc1. The smallest absolute Gasteiger partial charge is 0.307 e. The van der Waals surface area contributed by atoms with Gasteiger partial charge in [0.2, 0.25) is 0 Å². The van der Waals surface area contributed by atoms with Gasteiger partial charge in [-0.2, -0.15) is 0 Å². The fraction of sp³-hybridized carbons (Fsp3) is 0.533. The molecule has 0 amide bonds. The normalized spacial score (nSPS) is 14.0. The summed E-state index contributed by atoms with van der Waals surface area (Å²) in [5.74, 6) is -0.895. The number of hydrogen-bond acceptors (Lipinski definition) is 3. The highest BCUT2D eigenvalue weighted by atomic mass is 16.5. The summed E-state index contributed by atoms with van der Waals surface area (Å²) in [6.45, 7) is 3.52. The van der Waals surface area contributed by atoms with Gasteiger partial charge in [0.05, 0.1) is 12.5 Å². The van der Waals surface area contributed by atoms with Crippen LogP contribution in [0.3, 0.4) is 0 Å². The van der Waals surface area contributed by atoms with E-state index in [0.717, 1.165) is 12.0 Å². The van der Waals surface area contributed by atoms with Crippen LogP contribution in [0.4, 0.5) is 0 Å². The number of carboxylic acid groups (broad SMARTS) is 1. The second-order valence-electron chi connectivity index (χ2n) is 4.95. The molecule has 0 bridgehead atoms. The number of hydrogen-bond donors (Lipinski definition) is 2. The number of benzene rings is 1. The molecule has 1 aromatic carbocycles. The average molecular weight is 265 g/mol. The fourth-order valence-electron chi connectivity index (χ4n) is 1.86. The molecule has 2 unspecified atom stereocenters. The molecular weight excluding hydrogens is 242 g/mol. The second-order valence-corrected chi connectivity index (χ2v) is 4.95. The molecule has 0 saturated heterocycles. The van der Waals surface area contributed by atoms with Crippen LogP contribution in [0.25, 0.3) is 0 Å². The van der Waals surface area contributed by atoms with Crippen LogP contribution in [0.2, 0.25) is 0 Å². The molecule has 1 rings (SSSR count). The van der Waals surface area contributed by atoms with Crippen LogP contribution in [0.1, 0.15) is 25.3 Å². The van der Waals surface area contributed by atoms with Gasteiger partial charge in [0.15, 0.2) is 0 Å². The molecule has 0 aromatic heterocycles. The first-order chi connectivity index (χ1) is 9.13. The Kier molecular flexibility index (Phi) is 7.15. The minimum atomic E-state index is -0.806. The number of carbonyl (C=O) groups is 1. The average Bonchev–Trinajstić information content (AvgIpc) is 2.40. The lowest BCUT2D eigenvalue weighted by Crippen LogP contribution is -2.24. The van der Waals surface area contributed by atoms with E-state index in [0.29, 0.717) is 25.6 Å². The summed E-state index contributed by atoms with van der Waals surface area (Å²) < 4.78 is 5.63. The van der Waals surface area contributed by atoms with Gasteiger partial charge in [0.25, 0.3) is 0 Å². The summed E-state index contributed by atoms with van der Waals surface area (Å²) in [4.78, 5) is 10.8. The van der Waals surface area contributed by atoms with Crippen LogP contribution in [-0.4, -0.2) is 24.2 Å². The number of nitrogens with two attached hydrogens (primary N) is 1. The van der Waals surface area contributed by atoms with Crippen molar-refractivity contribution in [3.8, 4) is 0 Å². The molecule has 19 heavy (non-hydrogen) atoms. The van der Waals surface area contributed by atoms with E-state index >= 15 is 0 Å². The van der Waals surface area contributed by atoms with Crippen LogP contribution in [0.15, 0.2) is 30.3 Å². The molecule has 0 saturated carbocycles. The topological polar surface area (TPSA) is 72.6 Å². The maximum Gasteiger partial charge on any atom is 0.307 e. The van der Waals surface area contributed by atoms with E-state index in [1.165, 1.54) is 0 Å². The van der Waals surface area contributed by atoms with Crippen molar-refractivity contribution in [3.05, 3.63) is 35.9 Å². The zero-order chi connectivity index (χ0) is 14.1. The summed E-state index contributed by atoms with van der Waals surface area (Å²) in [6, 6.07) is 10.0. The van der Waals surface area contributed by atoms with E-state index in [2.05, 4.69) is 6.92 Å². The number of ether oxygens (including phenoxy) is 1. The van der Waals surface area contributed by atoms with Crippen molar-refractivity contribution in [2.75, 3.05) is 13.2 Å². The van der Waals surface area contributed by atoms with E-state index in [-0.39, 0.29) is 6.54 Å². The standard InChI is InChI=1S/C15H23NO3/c1-12(7-8-14(9-16)15(17)18)10-19-11-13-5-3-2-4-6-13/h2-6,12,14H,7-11,16H2,1H3,(H,17,18). The largest absolute Gasteiger partial charge is 0.481 e. The van der Waals surface area contributed by atoms with Crippen molar-refractivity contribution < 1.29 is 14.6 Å². The molecule has 1 aromatic rings. The summed E-state index contributed by atoms with van der Waals surface area (Å²) in [5, 5.41) is 8.90. The Morgan fingerprint density at radius 3 is 2.58 bits per heavy atom. The second kappa shape index (κ2) is 8.67. The van der Waals surface area contributed by atoms with Crippen LogP contribution >= 0.6 is 0 Å². The molecule has 0 fully saturated rings. The zero-order valence-corrected chi connectivity index (χ0v) is 11.4. The first kappa shape index (κ1) is 15.7. The predicted octanol–water partition coefficient (Wildman–Crippen LogP) is 2.28. The number of aliphatic carboxylic acids is 1. The Morgan fingerprint density at radius 2 is 2.00 bits per heavy atom. The Morgan fingerprint density at radius 1 is 1.32 bits per heavy atom. The number of carboxylic acids is 1. The minimum Gasteiger partial charge on any atom is -0.481 e. The molecule has 4 nitrogen and oxygen atoms in total. The first-order valence-corrected chi connectivity index (χ1v) is 6.68. The molecule has 106 valence electrons. The molecule has 0 aliphatic carbocycles. The van der Waals surface area contributed by atoms with Gasteiger partial charge in [-0.15, -0.1) is 0 Å². The molecule has 0 heterocycles. The highest BCUT2D eigenvalue weighted by Crippen LogP contribution is 2.13.